The molecule has 0 radical (unpaired) electrons. The molecule has 2 rings (SSSR count). The highest BCUT2D eigenvalue weighted by atomic mass is 35.5. The summed E-state index contributed by atoms with van der Waals surface area (Å²) in [6.45, 7) is 2.06. The van der Waals surface area contributed by atoms with Crippen LogP contribution >= 0.6 is 22.9 Å². The first-order valence-electron chi connectivity index (χ1n) is 5.65. The maximum absolute atomic E-state index is 11.4. The van der Waals surface area contributed by atoms with Crippen LogP contribution in [0.4, 0.5) is 0 Å². The van der Waals surface area contributed by atoms with Crippen molar-refractivity contribution >= 4 is 28.9 Å². The monoisotopic (exact) mass is 297 g/mol. The number of nitrogens with zero attached hydrogens (tertiary/aromatic N) is 1. The van der Waals surface area contributed by atoms with Crippen LogP contribution in [-0.2, 0) is 11.2 Å². The van der Waals surface area contributed by atoms with Crippen LogP contribution in [0.3, 0.4) is 0 Å². The summed E-state index contributed by atoms with van der Waals surface area (Å²) in [4.78, 5) is 15.6. The normalized spacial score (nSPS) is 10.3. The average molecular weight is 298 g/mol. The zero-order chi connectivity index (χ0) is 13.8. The summed E-state index contributed by atoms with van der Waals surface area (Å²) in [5.41, 5.74) is 1.16. The van der Waals surface area contributed by atoms with Gasteiger partial charge in [0.05, 0.1) is 7.11 Å². The van der Waals surface area contributed by atoms with Crippen LogP contribution in [0.2, 0.25) is 5.15 Å². The minimum absolute atomic E-state index is 0.0958. The zero-order valence-electron chi connectivity index (χ0n) is 10.5. The van der Waals surface area contributed by atoms with Crippen molar-refractivity contribution in [2.75, 3.05) is 7.11 Å². The standard InChI is InChI=1S/C13H12ClNO3S/c1-3-8-5-4-6-9(7-8)18-13-15-11(14)10(19-13)12(16)17-2/h4-7H,3H2,1-2H3. The predicted octanol–water partition coefficient (Wildman–Crippen LogP) is 3.94. The van der Waals surface area contributed by atoms with Gasteiger partial charge in [-0.3, -0.25) is 0 Å². The molecular formula is C13H12ClNO3S. The fraction of sp³-hybridized carbons (Fsp3) is 0.231. The van der Waals surface area contributed by atoms with Crippen LogP contribution in [0, 0.1) is 0 Å². The molecule has 0 saturated carbocycles. The molecule has 0 amide bonds. The Labute approximate surface area is 120 Å². The molecule has 19 heavy (non-hydrogen) atoms. The van der Waals surface area contributed by atoms with Gasteiger partial charge in [0, 0.05) is 0 Å². The third-order valence-corrected chi connectivity index (χ3v) is 3.75. The molecule has 0 spiro atoms. The SMILES string of the molecule is CCc1cccc(Oc2nc(Cl)c(C(=O)OC)s2)c1. The van der Waals surface area contributed by atoms with Gasteiger partial charge < -0.3 is 9.47 Å². The van der Waals surface area contributed by atoms with E-state index in [4.69, 9.17) is 16.3 Å². The van der Waals surface area contributed by atoms with E-state index in [0.717, 1.165) is 23.3 Å². The number of thiazole rings is 1. The lowest BCUT2D eigenvalue weighted by atomic mass is 10.2. The van der Waals surface area contributed by atoms with Gasteiger partial charge in [-0.2, -0.15) is 4.98 Å². The van der Waals surface area contributed by atoms with E-state index in [1.807, 2.05) is 24.3 Å². The first kappa shape index (κ1) is 13.8. The third-order valence-electron chi connectivity index (χ3n) is 2.45. The lowest BCUT2D eigenvalue weighted by Crippen LogP contribution is -1.98. The molecule has 0 aliphatic rings. The molecule has 2 aromatic rings. The van der Waals surface area contributed by atoms with Crippen molar-refractivity contribution in [1.29, 1.82) is 0 Å². The summed E-state index contributed by atoms with van der Waals surface area (Å²) in [5, 5.41) is 0.414. The number of carbonyl (C=O) groups is 1. The topological polar surface area (TPSA) is 48.4 Å². The third kappa shape index (κ3) is 3.24. The number of aromatic nitrogens is 1. The second-order valence-electron chi connectivity index (χ2n) is 3.69. The maximum atomic E-state index is 11.4. The molecule has 0 N–H and O–H groups in total. The fourth-order valence-corrected chi connectivity index (χ4v) is 2.54. The lowest BCUT2D eigenvalue weighted by Gasteiger charge is -2.03. The van der Waals surface area contributed by atoms with Gasteiger partial charge in [-0.25, -0.2) is 4.79 Å². The maximum Gasteiger partial charge on any atom is 0.351 e. The molecule has 0 saturated heterocycles. The highest BCUT2D eigenvalue weighted by Gasteiger charge is 2.18. The lowest BCUT2D eigenvalue weighted by molar-refractivity contribution is 0.0606. The first-order chi connectivity index (χ1) is 9.13. The summed E-state index contributed by atoms with van der Waals surface area (Å²) < 4.78 is 10.2. The smallest absolute Gasteiger partial charge is 0.351 e. The number of halogens is 1. The minimum Gasteiger partial charge on any atom is -0.465 e. The number of methoxy groups -OCH3 is 1. The summed E-state index contributed by atoms with van der Waals surface area (Å²) in [5.74, 6) is 0.154. The molecule has 0 bridgehead atoms. The summed E-state index contributed by atoms with van der Waals surface area (Å²) in [6.07, 6.45) is 0.920. The predicted molar refractivity (Wildman–Crippen MR) is 74.4 cm³/mol. The van der Waals surface area contributed by atoms with E-state index in [1.54, 1.807) is 0 Å². The van der Waals surface area contributed by atoms with Crippen LogP contribution in [0.1, 0.15) is 22.2 Å². The van der Waals surface area contributed by atoms with Crippen LogP contribution in [0.25, 0.3) is 0 Å². The number of hydrogen-bond donors (Lipinski definition) is 0. The second-order valence-corrected chi connectivity index (χ2v) is 5.01. The molecule has 1 heterocycles. The van der Waals surface area contributed by atoms with Crippen LogP contribution < -0.4 is 4.74 Å². The molecular weight excluding hydrogens is 286 g/mol. The Morgan fingerprint density at radius 2 is 2.26 bits per heavy atom. The van der Waals surface area contributed by atoms with Crippen molar-refractivity contribution in [1.82, 2.24) is 4.98 Å². The number of rotatable bonds is 4. The van der Waals surface area contributed by atoms with E-state index in [9.17, 15) is 4.79 Å². The van der Waals surface area contributed by atoms with E-state index in [0.29, 0.717) is 10.9 Å². The zero-order valence-corrected chi connectivity index (χ0v) is 12.0. The van der Waals surface area contributed by atoms with E-state index >= 15 is 0 Å². The Morgan fingerprint density at radius 1 is 1.47 bits per heavy atom. The van der Waals surface area contributed by atoms with Gasteiger partial charge in [0.2, 0.25) is 0 Å². The summed E-state index contributed by atoms with van der Waals surface area (Å²) >= 11 is 6.92. The first-order valence-corrected chi connectivity index (χ1v) is 6.85. The van der Waals surface area contributed by atoms with Crippen LogP contribution in [-0.4, -0.2) is 18.1 Å². The highest BCUT2D eigenvalue weighted by Crippen LogP contribution is 2.32. The number of hydrogen-bond acceptors (Lipinski definition) is 5. The number of esters is 1. The van der Waals surface area contributed by atoms with Gasteiger partial charge in [-0.05, 0) is 24.1 Å². The molecule has 0 atom stereocenters. The number of aryl methyl sites for hydroxylation is 1. The van der Waals surface area contributed by atoms with Gasteiger partial charge in [0.1, 0.15) is 5.75 Å². The second kappa shape index (κ2) is 6.04. The average Bonchev–Trinajstić information content (AvgIpc) is 2.79. The van der Waals surface area contributed by atoms with Gasteiger partial charge in [0.25, 0.3) is 5.19 Å². The summed E-state index contributed by atoms with van der Waals surface area (Å²) in [7, 11) is 1.30. The Balaban J connectivity index is 2.21. The van der Waals surface area contributed by atoms with E-state index in [2.05, 4.69) is 16.6 Å². The van der Waals surface area contributed by atoms with Crippen molar-refractivity contribution in [3.63, 3.8) is 0 Å². The van der Waals surface area contributed by atoms with Crippen molar-refractivity contribution in [3.05, 3.63) is 39.9 Å². The molecule has 1 aromatic heterocycles. The number of carbonyl (C=O) groups excluding carboxylic acids is 1. The fourth-order valence-electron chi connectivity index (χ4n) is 1.48. The van der Waals surface area contributed by atoms with Gasteiger partial charge in [-0.15, -0.1) is 0 Å². The molecule has 4 nitrogen and oxygen atoms in total. The molecule has 0 aliphatic heterocycles. The highest BCUT2D eigenvalue weighted by molar-refractivity contribution is 7.15. The molecule has 0 unspecified atom stereocenters. The largest absolute Gasteiger partial charge is 0.465 e. The Morgan fingerprint density at radius 3 is 2.95 bits per heavy atom. The Bertz CT molecular complexity index is 597. The van der Waals surface area contributed by atoms with Gasteiger partial charge >= 0.3 is 5.97 Å². The number of ether oxygens (including phenoxy) is 2. The quantitative estimate of drug-likeness (QED) is 0.802. The minimum atomic E-state index is -0.514. The van der Waals surface area contributed by atoms with Crippen molar-refractivity contribution in [3.8, 4) is 10.9 Å². The molecule has 0 aliphatic carbocycles. The van der Waals surface area contributed by atoms with Gasteiger partial charge in [-0.1, -0.05) is 42.0 Å². The van der Waals surface area contributed by atoms with Gasteiger partial charge in [0.15, 0.2) is 10.0 Å². The molecule has 100 valence electrons. The van der Waals surface area contributed by atoms with E-state index in [-0.39, 0.29) is 10.0 Å². The Hall–Kier alpha value is -1.59. The van der Waals surface area contributed by atoms with Crippen molar-refractivity contribution < 1.29 is 14.3 Å². The molecule has 0 fully saturated rings. The van der Waals surface area contributed by atoms with Crippen molar-refractivity contribution in [2.45, 2.75) is 13.3 Å². The molecule has 1 aromatic carbocycles. The van der Waals surface area contributed by atoms with E-state index < -0.39 is 5.97 Å². The van der Waals surface area contributed by atoms with Crippen LogP contribution in [0.15, 0.2) is 24.3 Å². The Kier molecular flexibility index (Phi) is 4.39. The molecule has 6 heteroatoms. The summed E-state index contributed by atoms with van der Waals surface area (Å²) in [6, 6.07) is 7.67. The van der Waals surface area contributed by atoms with Crippen molar-refractivity contribution in [2.24, 2.45) is 0 Å². The van der Waals surface area contributed by atoms with Crippen LogP contribution in [0.5, 0.6) is 10.9 Å². The number of benzene rings is 1. The van der Waals surface area contributed by atoms with E-state index in [1.165, 1.54) is 7.11 Å².